The number of carbonyl (C=O) groups is 1. The van der Waals surface area contributed by atoms with E-state index in [4.69, 9.17) is 5.73 Å². The minimum atomic E-state index is -1.85. The predicted molar refractivity (Wildman–Crippen MR) is 67.3 cm³/mol. The first-order valence-electron chi connectivity index (χ1n) is 5.29. The van der Waals surface area contributed by atoms with E-state index in [-0.39, 0.29) is 6.61 Å². The first-order valence-corrected chi connectivity index (χ1v) is 6.09. The average molecular weight is 304 g/mol. The molecule has 0 spiro atoms. The topological polar surface area (TPSA) is 52.3 Å². The normalized spacial score (nSPS) is 14.2. The van der Waals surface area contributed by atoms with Crippen molar-refractivity contribution in [1.29, 1.82) is 0 Å². The number of alkyl halides is 1. The molecule has 5 heteroatoms. The maximum atomic E-state index is 13.7. The van der Waals surface area contributed by atoms with Gasteiger partial charge < -0.3 is 10.5 Å². The number of halogens is 2. The van der Waals surface area contributed by atoms with Gasteiger partial charge in [0.25, 0.3) is 0 Å². The van der Waals surface area contributed by atoms with E-state index < -0.39 is 18.2 Å². The van der Waals surface area contributed by atoms with Gasteiger partial charge in [-0.3, -0.25) is 0 Å². The molecular formula is C12H15BrFNO2. The fourth-order valence-corrected chi connectivity index (χ4v) is 2.19. The van der Waals surface area contributed by atoms with E-state index in [1.165, 1.54) is 0 Å². The Hall–Kier alpha value is -0.940. The quantitative estimate of drug-likeness (QED) is 0.870. The summed E-state index contributed by atoms with van der Waals surface area (Å²) in [6.45, 7) is 3.68. The van der Waals surface area contributed by atoms with Crippen LogP contribution in [0.5, 0.6) is 0 Å². The average Bonchev–Trinajstić information content (AvgIpc) is 2.27. The zero-order valence-corrected chi connectivity index (χ0v) is 11.3. The summed E-state index contributed by atoms with van der Waals surface area (Å²) in [5.74, 6) is -0.924. The summed E-state index contributed by atoms with van der Waals surface area (Å²) < 4.78 is 19.0. The maximum absolute atomic E-state index is 13.7. The summed E-state index contributed by atoms with van der Waals surface area (Å²) in [7, 11) is 0. The molecule has 0 aliphatic heterocycles. The van der Waals surface area contributed by atoms with Crippen LogP contribution in [0.15, 0.2) is 22.7 Å². The summed E-state index contributed by atoms with van der Waals surface area (Å²) in [6.07, 6.45) is -1.85. The number of nitrogens with two attached hydrogens (primary N) is 1. The minimum Gasteiger partial charge on any atom is -0.464 e. The van der Waals surface area contributed by atoms with Crippen LogP contribution in [-0.2, 0) is 9.53 Å². The van der Waals surface area contributed by atoms with E-state index in [2.05, 4.69) is 20.7 Å². The fraction of sp³-hybridized carbons (Fsp3) is 0.417. The van der Waals surface area contributed by atoms with E-state index in [1.54, 1.807) is 13.0 Å². The summed E-state index contributed by atoms with van der Waals surface area (Å²) in [5, 5.41) is 0. The Balaban J connectivity index is 2.88. The first kappa shape index (κ1) is 14.1. The molecule has 1 aromatic carbocycles. The smallest absolute Gasteiger partial charge is 0.342 e. The van der Waals surface area contributed by atoms with Gasteiger partial charge in [0, 0.05) is 4.47 Å². The van der Waals surface area contributed by atoms with Crippen molar-refractivity contribution in [3.05, 3.63) is 33.8 Å². The van der Waals surface area contributed by atoms with Crippen molar-refractivity contribution in [2.45, 2.75) is 26.1 Å². The van der Waals surface area contributed by atoms with Gasteiger partial charge >= 0.3 is 5.97 Å². The molecule has 3 nitrogen and oxygen atoms in total. The van der Waals surface area contributed by atoms with E-state index in [9.17, 15) is 9.18 Å². The SMILES string of the molecule is CCOC(=O)C(F)[C@H](N)c1ccc(C)cc1Br. The van der Waals surface area contributed by atoms with Gasteiger partial charge in [-0.15, -0.1) is 0 Å². The lowest BCUT2D eigenvalue weighted by Gasteiger charge is -2.17. The third-order valence-corrected chi connectivity index (χ3v) is 3.03. The molecule has 1 aromatic rings. The lowest BCUT2D eigenvalue weighted by atomic mass is 10.0. The van der Waals surface area contributed by atoms with Crippen molar-refractivity contribution in [1.82, 2.24) is 0 Å². The van der Waals surface area contributed by atoms with E-state index in [0.29, 0.717) is 10.0 Å². The number of hydrogen-bond donors (Lipinski definition) is 1. The van der Waals surface area contributed by atoms with Crippen LogP contribution >= 0.6 is 15.9 Å². The van der Waals surface area contributed by atoms with Crippen LogP contribution in [0.3, 0.4) is 0 Å². The number of carbonyl (C=O) groups excluding carboxylic acids is 1. The number of benzene rings is 1. The minimum absolute atomic E-state index is 0.140. The van der Waals surface area contributed by atoms with Gasteiger partial charge in [0.05, 0.1) is 12.6 Å². The largest absolute Gasteiger partial charge is 0.464 e. The van der Waals surface area contributed by atoms with Crippen molar-refractivity contribution in [2.75, 3.05) is 6.61 Å². The lowest BCUT2D eigenvalue weighted by molar-refractivity contribution is -0.149. The van der Waals surface area contributed by atoms with Crippen LogP contribution < -0.4 is 5.73 Å². The highest BCUT2D eigenvalue weighted by molar-refractivity contribution is 9.10. The number of ether oxygens (including phenoxy) is 1. The van der Waals surface area contributed by atoms with Gasteiger partial charge in [0.15, 0.2) is 0 Å². The highest BCUT2D eigenvalue weighted by Crippen LogP contribution is 2.26. The number of rotatable bonds is 4. The van der Waals surface area contributed by atoms with Gasteiger partial charge in [-0.25, -0.2) is 9.18 Å². The molecule has 0 aromatic heterocycles. The lowest BCUT2D eigenvalue weighted by Crippen LogP contribution is -2.31. The molecule has 2 atom stereocenters. The molecule has 0 saturated heterocycles. The van der Waals surface area contributed by atoms with Crippen molar-refractivity contribution in [3.8, 4) is 0 Å². The third-order valence-electron chi connectivity index (χ3n) is 2.34. The molecule has 0 radical (unpaired) electrons. The zero-order chi connectivity index (χ0) is 13.0. The van der Waals surface area contributed by atoms with Crippen LogP contribution in [0.25, 0.3) is 0 Å². The van der Waals surface area contributed by atoms with Gasteiger partial charge in [0.2, 0.25) is 6.17 Å². The number of aryl methyl sites for hydroxylation is 1. The van der Waals surface area contributed by atoms with Gasteiger partial charge in [-0.05, 0) is 31.0 Å². The summed E-state index contributed by atoms with van der Waals surface area (Å²) in [5.41, 5.74) is 7.29. The van der Waals surface area contributed by atoms with Crippen molar-refractivity contribution < 1.29 is 13.9 Å². The molecular weight excluding hydrogens is 289 g/mol. The Labute approximate surface area is 108 Å². The van der Waals surface area contributed by atoms with E-state index >= 15 is 0 Å². The molecule has 2 N–H and O–H groups in total. The standard InChI is InChI=1S/C12H15BrFNO2/c1-3-17-12(16)10(14)11(15)8-5-4-7(2)6-9(8)13/h4-6,10-11H,3,15H2,1-2H3/t10?,11-/m1/s1. The third kappa shape index (κ3) is 3.51. The second-order valence-corrected chi connectivity index (χ2v) is 4.56. The summed E-state index contributed by atoms with van der Waals surface area (Å²) in [4.78, 5) is 11.2. The molecule has 0 amide bonds. The molecule has 0 bridgehead atoms. The van der Waals surface area contributed by atoms with Gasteiger partial charge in [-0.1, -0.05) is 28.1 Å². The van der Waals surface area contributed by atoms with Crippen LogP contribution in [0.1, 0.15) is 24.1 Å². The van der Waals surface area contributed by atoms with Crippen LogP contribution in [0, 0.1) is 6.92 Å². The van der Waals surface area contributed by atoms with Crippen LogP contribution in [-0.4, -0.2) is 18.7 Å². The Morgan fingerprint density at radius 3 is 2.76 bits per heavy atom. The zero-order valence-electron chi connectivity index (χ0n) is 9.74. The second kappa shape index (κ2) is 6.12. The van der Waals surface area contributed by atoms with Crippen LogP contribution in [0.2, 0.25) is 0 Å². The molecule has 1 rings (SSSR count). The molecule has 0 aliphatic rings. The van der Waals surface area contributed by atoms with Crippen molar-refractivity contribution >= 4 is 21.9 Å². The summed E-state index contributed by atoms with van der Waals surface area (Å²) >= 11 is 3.31. The highest BCUT2D eigenvalue weighted by Gasteiger charge is 2.28. The predicted octanol–water partition coefficient (Wildman–Crippen LogP) is 2.66. The molecule has 17 heavy (non-hydrogen) atoms. The van der Waals surface area contributed by atoms with Gasteiger partial charge in [-0.2, -0.15) is 0 Å². The highest BCUT2D eigenvalue weighted by atomic mass is 79.9. The number of esters is 1. The molecule has 94 valence electrons. The molecule has 0 fully saturated rings. The Morgan fingerprint density at radius 1 is 1.59 bits per heavy atom. The molecule has 0 saturated carbocycles. The maximum Gasteiger partial charge on any atom is 0.342 e. The Kier molecular flexibility index (Phi) is 5.08. The Morgan fingerprint density at radius 2 is 2.24 bits per heavy atom. The van der Waals surface area contributed by atoms with Gasteiger partial charge in [0.1, 0.15) is 0 Å². The van der Waals surface area contributed by atoms with Crippen molar-refractivity contribution in [3.63, 3.8) is 0 Å². The Bertz CT molecular complexity index is 411. The number of hydrogen-bond acceptors (Lipinski definition) is 3. The first-order chi connectivity index (χ1) is 7.97. The fourth-order valence-electron chi connectivity index (χ4n) is 1.43. The molecule has 0 heterocycles. The summed E-state index contributed by atoms with van der Waals surface area (Å²) in [6, 6.07) is 4.32. The van der Waals surface area contributed by atoms with E-state index in [0.717, 1.165) is 5.56 Å². The molecule has 1 unspecified atom stereocenters. The van der Waals surface area contributed by atoms with Crippen LogP contribution in [0.4, 0.5) is 4.39 Å². The monoisotopic (exact) mass is 303 g/mol. The second-order valence-electron chi connectivity index (χ2n) is 3.70. The van der Waals surface area contributed by atoms with E-state index in [1.807, 2.05) is 19.1 Å². The molecule has 0 aliphatic carbocycles. The van der Waals surface area contributed by atoms with Crippen molar-refractivity contribution in [2.24, 2.45) is 5.73 Å².